The van der Waals surface area contributed by atoms with Gasteiger partial charge in [0.05, 0.1) is 112 Å². The SMILES string of the molecule is COC(=O)c1cccc(-c2cnc(-c3c(-c4cc(OC)cnc4-c4ccc(OC)nc4-c4ccc(NC(C)=O)nc4-c4ccc(C)nc4-c4ccnc(OC)c4-c4ccncc4)ccnc3OC)c(C(=O)OC)c2-c2cc(F)cnc2-c2cccnc2)n1. The first-order chi connectivity index (χ1) is 42.9. The third-order valence-electron chi connectivity index (χ3n) is 14.1. The number of carbonyl (C=O) groups is 3. The van der Waals surface area contributed by atoms with Gasteiger partial charge in [-0.2, -0.15) is 0 Å². The normalized spacial score (nSPS) is 10.9. The average Bonchev–Trinajstić information content (AvgIpc) is 0.960. The van der Waals surface area contributed by atoms with Gasteiger partial charge in [-0.15, -0.1) is 0 Å². The molecule has 436 valence electrons. The zero-order valence-electron chi connectivity index (χ0n) is 48.5. The van der Waals surface area contributed by atoms with Crippen LogP contribution in [0.15, 0.2) is 159 Å². The molecule has 1 N–H and O–H groups in total. The van der Waals surface area contributed by atoms with Gasteiger partial charge in [-0.25, -0.2) is 38.9 Å². The summed E-state index contributed by atoms with van der Waals surface area (Å²) in [6.07, 6.45) is 13.7. The number of halogens is 1. The predicted octanol–water partition coefficient (Wildman–Crippen LogP) is 11.7. The lowest BCUT2D eigenvalue weighted by Gasteiger charge is -2.22. The van der Waals surface area contributed by atoms with Gasteiger partial charge in [0.1, 0.15) is 23.1 Å². The van der Waals surface area contributed by atoms with Crippen LogP contribution >= 0.6 is 0 Å². The molecule has 11 rings (SSSR count). The third kappa shape index (κ3) is 11.2. The van der Waals surface area contributed by atoms with Crippen molar-refractivity contribution in [3.05, 3.63) is 182 Å². The van der Waals surface area contributed by atoms with Crippen molar-refractivity contribution in [2.24, 2.45) is 0 Å². The summed E-state index contributed by atoms with van der Waals surface area (Å²) in [6, 6.07) is 29.0. The number of hydrogen-bond acceptors (Lipinski definition) is 20. The number of hydrogen-bond donors (Lipinski definition) is 1. The van der Waals surface area contributed by atoms with E-state index in [-0.39, 0.29) is 74.1 Å². The highest BCUT2D eigenvalue weighted by molar-refractivity contribution is 6.11. The second kappa shape index (κ2) is 25.2. The monoisotopic (exact) mass is 1170 g/mol. The van der Waals surface area contributed by atoms with E-state index in [4.69, 9.17) is 53.3 Å². The molecule has 0 aliphatic heterocycles. The molecule has 0 aliphatic carbocycles. The highest BCUT2D eigenvalue weighted by Gasteiger charge is 2.33. The van der Waals surface area contributed by atoms with Crippen LogP contribution in [-0.2, 0) is 14.3 Å². The minimum atomic E-state index is -0.918. The smallest absolute Gasteiger partial charge is 0.356 e. The molecule has 0 unspecified atom stereocenters. The zero-order chi connectivity index (χ0) is 61.6. The Balaban J connectivity index is 1.21. The molecule has 0 aliphatic rings. The molecule has 88 heavy (non-hydrogen) atoms. The summed E-state index contributed by atoms with van der Waals surface area (Å²) < 4.78 is 50.5. The largest absolute Gasteiger partial charge is 0.495 e. The molecule has 0 bridgehead atoms. The van der Waals surface area contributed by atoms with E-state index in [0.717, 1.165) is 11.8 Å². The van der Waals surface area contributed by atoms with E-state index in [2.05, 4.69) is 35.2 Å². The number of methoxy groups -OCH3 is 6. The first-order valence-corrected chi connectivity index (χ1v) is 26.9. The molecular weight excluding hydrogens is 1120 g/mol. The summed E-state index contributed by atoms with van der Waals surface area (Å²) in [5, 5.41) is 2.85. The van der Waals surface area contributed by atoms with Crippen LogP contribution in [0.2, 0.25) is 0 Å². The molecule has 11 aromatic rings. The van der Waals surface area contributed by atoms with Crippen LogP contribution in [0.5, 0.6) is 23.4 Å². The fourth-order valence-corrected chi connectivity index (χ4v) is 10.3. The Morgan fingerprint density at radius 2 is 1.14 bits per heavy atom. The second-order valence-electron chi connectivity index (χ2n) is 19.3. The molecule has 22 heteroatoms. The van der Waals surface area contributed by atoms with Gasteiger partial charge in [0.25, 0.3) is 0 Å². The van der Waals surface area contributed by atoms with E-state index < -0.39 is 17.8 Å². The number of carbonyl (C=O) groups excluding carboxylic acids is 3. The Morgan fingerprint density at radius 3 is 1.84 bits per heavy atom. The van der Waals surface area contributed by atoms with E-state index in [1.165, 1.54) is 67.0 Å². The summed E-state index contributed by atoms with van der Waals surface area (Å²) in [5.41, 5.74) is 7.38. The van der Waals surface area contributed by atoms with Crippen LogP contribution in [0.3, 0.4) is 0 Å². The lowest BCUT2D eigenvalue weighted by atomic mass is 9.86. The fourth-order valence-electron chi connectivity index (χ4n) is 10.3. The number of aromatic nitrogens is 11. The van der Waals surface area contributed by atoms with Crippen molar-refractivity contribution in [3.8, 4) is 136 Å². The van der Waals surface area contributed by atoms with Gasteiger partial charge in [0, 0.05) is 118 Å². The number of anilines is 1. The maximum Gasteiger partial charge on any atom is 0.356 e. The van der Waals surface area contributed by atoms with Crippen LogP contribution in [0.1, 0.15) is 33.5 Å². The van der Waals surface area contributed by atoms with Crippen molar-refractivity contribution in [3.63, 3.8) is 0 Å². The van der Waals surface area contributed by atoms with Gasteiger partial charge >= 0.3 is 11.9 Å². The lowest BCUT2D eigenvalue weighted by Crippen LogP contribution is -2.12. The number of ether oxygens (including phenoxy) is 6. The molecule has 0 aromatic carbocycles. The van der Waals surface area contributed by atoms with Crippen LogP contribution in [0, 0.1) is 12.7 Å². The summed E-state index contributed by atoms with van der Waals surface area (Å²) in [6.45, 7) is 3.26. The van der Waals surface area contributed by atoms with Crippen LogP contribution in [-0.4, -0.2) is 115 Å². The van der Waals surface area contributed by atoms with Crippen molar-refractivity contribution in [2.75, 3.05) is 48.0 Å². The summed E-state index contributed by atoms with van der Waals surface area (Å²) >= 11 is 0. The van der Waals surface area contributed by atoms with Gasteiger partial charge in [0.15, 0.2) is 0 Å². The molecule has 0 atom stereocenters. The first-order valence-electron chi connectivity index (χ1n) is 26.9. The van der Waals surface area contributed by atoms with Gasteiger partial charge in [0.2, 0.25) is 23.5 Å². The van der Waals surface area contributed by atoms with Crippen LogP contribution in [0.25, 0.3) is 112 Å². The molecule has 11 aromatic heterocycles. The Morgan fingerprint density at radius 1 is 0.455 bits per heavy atom. The van der Waals surface area contributed by atoms with E-state index in [1.807, 2.05) is 37.3 Å². The van der Waals surface area contributed by atoms with Gasteiger partial charge in [-0.1, -0.05) is 6.07 Å². The summed E-state index contributed by atoms with van der Waals surface area (Å²) in [4.78, 5) is 93.5. The van der Waals surface area contributed by atoms with Gasteiger partial charge in [-0.05, 0) is 103 Å². The molecular formula is C66H51FN12O9. The Bertz CT molecular complexity index is 4520. The number of aryl methyl sites for hydroxylation is 1. The van der Waals surface area contributed by atoms with E-state index >= 15 is 9.18 Å². The number of amides is 1. The molecule has 0 radical (unpaired) electrons. The molecule has 0 saturated carbocycles. The molecule has 11 heterocycles. The topological polar surface area (TPSA) is 260 Å². The number of nitrogens with zero attached hydrogens (tertiary/aromatic N) is 11. The van der Waals surface area contributed by atoms with Gasteiger partial charge < -0.3 is 33.7 Å². The number of nitrogens with one attached hydrogen (secondary N) is 1. The van der Waals surface area contributed by atoms with Gasteiger partial charge in [-0.3, -0.25) is 34.7 Å². The highest BCUT2D eigenvalue weighted by atomic mass is 19.1. The van der Waals surface area contributed by atoms with E-state index in [1.54, 1.807) is 105 Å². The van der Waals surface area contributed by atoms with Crippen molar-refractivity contribution in [2.45, 2.75) is 13.8 Å². The molecule has 0 saturated heterocycles. The van der Waals surface area contributed by atoms with Crippen molar-refractivity contribution in [1.82, 2.24) is 54.8 Å². The minimum absolute atomic E-state index is 0.00955. The van der Waals surface area contributed by atoms with Crippen molar-refractivity contribution >= 4 is 23.7 Å². The lowest BCUT2D eigenvalue weighted by molar-refractivity contribution is -0.114. The van der Waals surface area contributed by atoms with Crippen molar-refractivity contribution in [1.29, 1.82) is 0 Å². The summed E-state index contributed by atoms with van der Waals surface area (Å²) in [7, 11) is 8.36. The molecule has 0 spiro atoms. The molecule has 1 amide bonds. The minimum Gasteiger partial charge on any atom is -0.495 e. The first kappa shape index (κ1) is 58.0. The number of esters is 2. The van der Waals surface area contributed by atoms with Crippen LogP contribution in [0.4, 0.5) is 10.2 Å². The molecule has 21 nitrogen and oxygen atoms in total. The third-order valence-corrected chi connectivity index (χ3v) is 14.1. The quantitative estimate of drug-likeness (QED) is 0.0831. The average molecular weight is 1180 g/mol. The second-order valence-corrected chi connectivity index (χ2v) is 19.3. The Kier molecular flexibility index (Phi) is 16.6. The van der Waals surface area contributed by atoms with E-state index in [9.17, 15) is 9.59 Å². The van der Waals surface area contributed by atoms with Crippen LogP contribution < -0.4 is 24.3 Å². The number of rotatable bonds is 17. The number of pyridine rings is 11. The highest BCUT2D eigenvalue weighted by Crippen LogP contribution is 2.50. The molecule has 0 fully saturated rings. The standard InChI is InChI=1S/C66H51FN12O9/c1-35-14-15-44(59(75-35)42-23-28-70-63(85-5)53(42)37-20-25-68-26-21-37)60-45(16-18-51(78-60)76-36(2)80)61-43(17-19-52(79-61)84-4)58-46(30-40(83-3)33-73-58)41-22-27-71-64(86-6)55(41)62-56(66(82)88-8)54(47-29-39(67)32-72-57(47)38-11-10-24-69-31-38)48(34-74-62)49-12-9-13-50(77-49)65(81)87-7/h9-34H,1-8H3,(H,76,78,80). The predicted molar refractivity (Wildman–Crippen MR) is 324 cm³/mol. The Labute approximate surface area is 502 Å². The van der Waals surface area contributed by atoms with E-state index in [0.29, 0.717) is 84.6 Å². The summed E-state index contributed by atoms with van der Waals surface area (Å²) in [5.74, 6) is -1.66. The zero-order valence-corrected chi connectivity index (χ0v) is 48.5. The Hall–Kier alpha value is -11.8. The fraction of sp³-hybridized carbons (Fsp3) is 0.121. The maximum atomic E-state index is 16.1. The van der Waals surface area contributed by atoms with Crippen molar-refractivity contribution < 1.29 is 47.2 Å². The maximum absolute atomic E-state index is 16.1.